The van der Waals surface area contributed by atoms with Crippen molar-refractivity contribution in [3.05, 3.63) is 82.3 Å². The highest BCUT2D eigenvalue weighted by Crippen LogP contribution is 2.45. The number of anilines is 1. The number of hydrogen-bond acceptors (Lipinski definition) is 7. The number of thiazole rings is 1. The van der Waals surface area contributed by atoms with Gasteiger partial charge in [-0.1, -0.05) is 35.1 Å². The van der Waals surface area contributed by atoms with Gasteiger partial charge in [-0.25, -0.2) is 4.98 Å². The third-order valence-electron chi connectivity index (χ3n) is 5.44. The molecule has 4 aromatic rings. The zero-order chi connectivity index (χ0) is 24.0. The van der Waals surface area contributed by atoms with Crippen molar-refractivity contribution in [2.24, 2.45) is 0 Å². The average molecular weight is 495 g/mol. The topological polar surface area (TPSA) is 92.9 Å². The van der Waals surface area contributed by atoms with E-state index >= 15 is 0 Å². The maximum atomic E-state index is 13.3. The first kappa shape index (κ1) is 22.2. The summed E-state index contributed by atoms with van der Waals surface area (Å²) in [7, 11) is 0. The zero-order valence-electron chi connectivity index (χ0n) is 18.2. The molecule has 1 unspecified atom stereocenters. The van der Waals surface area contributed by atoms with Gasteiger partial charge in [0.25, 0.3) is 5.78 Å². The van der Waals surface area contributed by atoms with Gasteiger partial charge in [-0.2, -0.15) is 0 Å². The van der Waals surface area contributed by atoms with Crippen molar-refractivity contribution in [3.8, 4) is 5.75 Å². The van der Waals surface area contributed by atoms with Crippen LogP contribution in [0.1, 0.15) is 30.0 Å². The first-order valence-electron chi connectivity index (χ1n) is 10.5. The zero-order valence-corrected chi connectivity index (χ0v) is 19.8. The van der Waals surface area contributed by atoms with Gasteiger partial charge < -0.3 is 14.3 Å². The van der Waals surface area contributed by atoms with Gasteiger partial charge in [0.1, 0.15) is 29.1 Å². The number of hydrogen-bond donors (Lipinski definition) is 1. The SMILES string of the molecule is CCOc1cccc(/C(O)=C2\C(=O)C(=O)N(c3nc4ccc(Cl)cc4s3)C2c2ccc(C)o2)c1. The molecule has 1 fully saturated rings. The van der Waals surface area contributed by atoms with Crippen LogP contribution in [0.4, 0.5) is 5.13 Å². The predicted molar refractivity (Wildman–Crippen MR) is 130 cm³/mol. The fourth-order valence-corrected chi connectivity index (χ4v) is 5.21. The summed E-state index contributed by atoms with van der Waals surface area (Å²) in [4.78, 5) is 32.3. The Kier molecular flexibility index (Phi) is 5.63. The third-order valence-corrected chi connectivity index (χ3v) is 6.69. The van der Waals surface area contributed by atoms with E-state index in [9.17, 15) is 14.7 Å². The number of halogens is 1. The van der Waals surface area contributed by atoms with Crippen molar-refractivity contribution in [1.82, 2.24) is 4.98 Å². The third kappa shape index (κ3) is 3.74. The Morgan fingerprint density at radius 2 is 2.03 bits per heavy atom. The lowest BCUT2D eigenvalue weighted by molar-refractivity contribution is -0.132. The molecule has 1 aliphatic rings. The minimum Gasteiger partial charge on any atom is -0.507 e. The quantitative estimate of drug-likeness (QED) is 0.212. The molecule has 2 aromatic heterocycles. The highest BCUT2D eigenvalue weighted by atomic mass is 35.5. The number of furan rings is 1. The Morgan fingerprint density at radius 1 is 1.21 bits per heavy atom. The van der Waals surface area contributed by atoms with E-state index in [1.807, 2.05) is 6.92 Å². The molecule has 7 nitrogen and oxygen atoms in total. The minimum absolute atomic E-state index is 0.0784. The van der Waals surface area contributed by atoms with E-state index in [1.165, 1.54) is 16.2 Å². The lowest BCUT2D eigenvalue weighted by atomic mass is 9.99. The van der Waals surface area contributed by atoms with Crippen LogP contribution < -0.4 is 9.64 Å². The van der Waals surface area contributed by atoms with Gasteiger partial charge in [-0.05, 0) is 56.3 Å². The molecule has 0 aliphatic carbocycles. The number of ketones is 1. The lowest BCUT2D eigenvalue weighted by Gasteiger charge is -2.20. The summed E-state index contributed by atoms with van der Waals surface area (Å²) in [6.07, 6.45) is 0. The number of aliphatic hydroxyl groups is 1. The number of aryl methyl sites for hydroxylation is 1. The monoisotopic (exact) mass is 494 g/mol. The number of carbonyl (C=O) groups excluding carboxylic acids is 2. The maximum absolute atomic E-state index is 13.3. The van der Waals surface area contributed by atoms with Crippen LogP contribution in [0.15, 0.2) is 64.6 Å². The Hall–Kier alpha value is -3.62. The number of benzene rings is 2. The van der Waals surface area contributed by atoms with Gasteiger partial charge in [0.05, 0.1) is 22.4 Å². The number of amides is 1. The summed E-state index contributed by atoms with van der Waals surface area (Å²) in [6.45, 7) is 4.06. The van der Waals surface area contributed by atoms with Crippen LogP contribution in [-0.2, 0) is 9.59 Å². The van der Waals surface area contributed by atoms with Crippen molar-refractivity contribution in [2.75, 3.05) is 11.5 Å². The molecule has 0 radical (unpaired) electrons. The molecule has 3 heterocycles. The molecule has 1 saturated heterocycles. The number of aromatic nitrogens is 1. The highest BCUT2D eigenvalue weighted by Gasteiger charge is 2.49. The van der Waals surface area contributed by atoms with Crippen molar-refractivity contribution >= 4 is 55.7 Å². The number of carbonyl (C=O) groups is 2. The summed E-state index contributed by atoms with van der Waals surface area (Å²) in [5.41, 5.74) is 0.920. The fraction of sp³-hybridized carbons (Fsp3) is 0.160. The number of aliphatic hydroxyl groups excluding tert-OH is 1. The highest BCUT2D eigenvalue weighted by molar-refractivity contribution is 7.22. The number of Topliss-reactive ketones (excluding diaryl/α,β-unsaturated/α-hetero) is 1. The summed E-state index contributed by atoms with van der Waals surface area (Å²) in [6, 6.07) is 14.4. The second-order valence-corrected chi connectivity index (χ2v) is 9.13. The van der Waals surface area contributed by atoms with Crippen molar-refractivity contribution in [1.29, 1.82) is 0 Å². The standard InChI is InChI=1S/C25H19ClN2O5S/c1-3-32-16-6-4-5-14(11-16)22(29)20-21(18-10-7-13(2)33-18)28(24(31)23(20)30)25-27-17-9-8-15(26)12-19(17)34-25/h4-12,21,29H,3H2,1-2H3/b22-20+. The lowest BCUT2D eigenvalue weighted by Crippen LogP contribution is -2.29. The van der Waals surface area contributed by atoms with E-state index in [1.54, 1.807) is 61.5 Å². The smallest absolute Gasteiger partial charge is 0.302 e. The van der Waals surface area contributed by atoms with Crippen molar-refractivity contribution in [2.45, 2.75) is 19.9 Å². The van der Waals surface area contributed by atoms with Crippen LogP contribution in [0.3, 0.4) is 0 Å². The van der Waals surface area contributed by atoms with Crippen LogP contribution >= 0.6 is 22.9 Å². The van der Waals surface area contributed by atoms with Gasteiger partial charge in [-0.15, -0.1) is 0 Å². The molecule has 1 amide bonds. The van der Waals surface area contributed by atoms with Gasteiger partial charge in [0, 0.05) is 10.6 Å². The first-order valence-corrected chi connectivity index (χ1v) is 11.7. The Bertz CT molecular complexity index is 1470. The van der Waals surface area contributed by atoms with Gasteiger partial charge in [0.2, 0.25) is 0 Å². The molecule has 0 spiro atoms. The molecular weight excluding hydrogens is 476 g/mol. The molecule has 1 N–H and O–H groups in total. The number of ether oxygens (including phenoxy) is 1. The van der Waals surface area contributed by atoms with Crippen LogP contribution in [0.25, 0.3) is 16.0 Å². The Balaban J connectivity index is 1.70. The molecule has 1 atom stereocenters. The second-order valence-electron chi connectivity index (χ2n) is 7.69. The maximum Gasteiger partial charge on any atom is 0.302 e. The van der Waals surface area contributed by atoms with Gasteiger partial charge >= 0.3 is 5.91 Å². The van der Waals surface area contributed by atoms with E-state index in [4.69, 9.17) is 20.8 Å². The fourth-order valence-electron chi connectivity index (χ4n) is 3.94. The molecule has 2 aromatic carbocycles. The Labute approximate surface area is 203 Å². The molecule has 34 heavy (non-hydrogen) atoms. The van der Waals surface area contributed by atoms with Crippen LogP contribution in [-0.4, -0.2) is 28.4 Å². The molecule has 9 heteroatoms. The summed E-state index contributed by atoms with van der Waals surface area (Å²) < 4.78 is 12.1. The molecular formula is C25H19ClN2O5S. The predicted octanol–water partition coefficient (Wildman–Crippen LogP) is 5.88. The molecule has 172 valence electrons. The summed E-state index contributed by atoms with van der Waals surface area (Å²) in [5, 5.41) is 12.1. The van der Waals surface area contributed by atoms with E-state index in [2.05, 4.69) is 4.98 Å². The van der Waals surface area contributed by atoms with Crippen molar-refractivity contribution in [3.63, 3.8) is 0 Å². The normalized spacial score (nSPS) is 17.6. The molecule has 0 bridgehead atoms. The minimum atomic E-state index is -0.986. The summed E-state index contributed by atoms with van der Waals surface area (Å²) >= 11 is 7.34. The average Bonchev–Trinajstić information content (AvgIpc) is 3.49. The van der Waals surface area contributed by atoms with Gasteiger partial charge in [-0.3, -0.25) is 14.5 Å². The first-order chi connectivity index (χ1) is 16.4. The second kappa shape index (κ2) is 8.62. The molecule has 0 saturated carbocycles. The molecule has 1 aliphatic heterocycles. The van der Waals surface area contributed by atoms with Crippen LogP contribution in [0.2, 0.25) is 5.02 Å². The van der Waals surface area contributed by atoms with E-state index in [0.717, 1.165) is 4.70 Å². The number of rotatable bonds is 5. The van der Waals surface area contributed by atoms with Gasteiger partial charge in [0.15, 0.2) is 5.13 Å². The van der Waals surface area contributed by atoms with E-state index < -0.39 is 17.7 Å². The van der Waals surface area contributed by atoms with E-state index in [0.29, 0.717) is 45.1 Å². The Morgan fingerprint density at radius 3 is 2.76 bits per heavy atom. The van der Waals surface area contributed by atoms with E-state index in [-0.39, 0.29) is 11.3 Å². The largest absolute Gasteiger partial charge is 0.507 e. The van der Waals surface area contributed by atoms with Crippen LogP contribution in [0, 0.1) is 6.92 Å². The summed E-state index contributed by atoms with van der Waals surface area (Å²) in [5.74, 6) is -0.450. The molecule has 5 rings (SSSR count). The number of fused-ring (bicyclic) bond motifs is 1. The number of nitrogens with zero attached hydrogens (tertiary/aromatic N) is 2. The van der Waals surface area contributed by atoms with Crippen LogP contribution in [0.5, 0.6) is 5.75 Å². The van der Waals surface area contributed by atoms with Crippen molar-refractivity contribution < 1.29 is 23.8 Å².